The largest absolute Gasteiger partial charge is 0.480 e. The number of hydrogen-bond donors (Lipinski definition) is 2. The van der Waals surface area contributed by atoms with Crippen LogP contribution in [0.4, 0.5) is 5.69 Å². The number of carboxylic acid groups (broad SMARTS) is 1. The van der Waals surface area contributed by atoms with Crippen molar-refractivity contribution in [3.63, 3.8) is 0 Å². The Morgan fingerprint density at radius 2 is 1.96 bits per heavy atom. The van der Waals surface area contributed by atoms with Gasteiger partial charge in [-0.25, -0.2) is 4.98 Å². The lowest BCUT2D eigenvalue weighted by atomic mass is 10.1. The van der Waals surface area contributed by atoms with Crippen molar-refractivity contribution in [1.82, 2.24) is 4.98 Å². The number of nitrogens with two attached hydrogens (primary N) is 1. The van der Waals surface area contributed by atoms with E-state index >= 15 is 0 Å². The summed E-state index contributed by atoms with van der Waals surface area (Å²) in [6, 6.07) is 12.5. The predicted octanol–water partition coefficient (Wildman–Crippen LogP) is 2.98. The fourth-order valence-electron chi connectivity index (χ4n) is 1.76. The van der Waals surface area contributed by atoms with Gasteiger partial charge < -0.3 is 10.8 Å². The Balaban J connectivity index is 0.000000168. The van der Waals surface area contributed by atoms with Crippen molar-refractivity contribution >= 4 is 33.2 Å². The Morgan fingerprint density at radius 3 is 2.57 bits per heavy atom. The molecular weight excluding hydrogens is 318 g/mol. The maximum atomic E-state index is 10.4. The molecule has 2 aromatic carbocycles. The van der Waals surface area contributed by atoms with Gasteiger partial charge in [-0.2, -0.15) is 0 Å². The van der Waals surface area contributed by atoms with E-state index in [-0.39, 0.29) is 5.69 Å². The molecule has 1 atom stereocenters. The van der Waals surface area contributed by atoms with Gasteiger partial charge in [-0.05, 0) is 11.6 Å². The number of nitro benzene ring substituents is 1. The molecule has 1 heterocycles. The average Bonchev–Trinajstić information content (AvgIpc) is 3.03. The molecule has 0 radical (unpaired) electrons. The zero-order valence-electron chi connectivity index (χ0n) is 11.8. The quantitative estimate of drug-likeness (QED) is 0.562. The van der Waals surface area contributed by atoms with Crippen LogP contribution in [0.25, 0.3) is 10.2 Å². The molecule has 0 aliphatic rings. The number of carbonyl (C=O) groups is 1. The van der Waals surface area contributed by atoms with Crippen molar-refractivity contribution in [3.05, 3.63) is 69.7 Å². The maximum absolute atomic E-state index is 10.4. The van der Waals surface area contributed by atoms with Crippen LogP contribution in [0.1, 0.15) is 11.6 Å². The minimum Gasteiger partial charge on any atom is -0.480 e. The summed E-state index contributed by atoms with van der Waals surface area (Å²) in [5, 5.41) is 18.9. The number of benzene rings is 2. The lowest BCUT2D eigenvalue weighted by Crippen LogP contribution is -2.20. The molecule has 3 aromatic rings. The van der Waals surface area contributed by atoms with Gasteiger partial charge in [0.2, 0.25) is 0 Å². The Labute approximate surface area is 135 Å². The highest BCUT2D eigenvalue weighted by Crippen LogP contribution is 2.22. The van der Waals surface area contributed by atoms with Crippen LogP contribution in [-0.4, -0.2) is 21.0 Å². The molecule has 118 valence electrons. The van der Waals surface area contributed by atoms with E-state index in [1.807, 2.05) is 6.07 Å². The number of thiazole rings is 1. The first-order valence-electron chi connectivity index (χ1n) is 6.50. The van der Waals surface area contributed by atoms with E-state index in [9.17, 15) is 14.9 Å². The van der Waals surface area contributed by atoms with Crippen LogP contribution < -0.4 is 5.73 Å². The fraction of sp³-hybridized carbons (Fsp3) is 0.0667. The van der Waals surface area contributed by atoms with Crippen molar-refractivity contribution < 1.29 is 14.8 Å². The highest BCUT2D eigenvalue weighted by atomic mass is 32.1. The number of rotatable bonds is 3. The number of nitro groups is 1. The van der Waals surface area contributed by atoms with Crippen molar-refractivity contribution in [2.24, 2.45) is 5.73 Å². The number of fused-ring (bicyclic) bond motifs is 1. The molecule has 0 aliphatic carbocycles. The summed E-state index contributed by atoms with van der Waals surface area (Å²) in [5.74, 6) is -1.00. The lowest BCUT2D eigenvalue weighted by Gasteiger charge is -2.04. The number of non-ortho nitro benzene ring substituents is 1. The van der Waals surface area contributed by atoms with Crippen molar-refractivity contribution in [2.75, 3.05) is 0 Å². The Hall–Kier alpha value is -2.84. The Morgan fingerprint density at radius 1 is 1.26 bits per heavy atom. The van der Waals surface area contributed by atoms with Gasteiger partial charge in [-0.15, -0.1) is 11.3 Å². The summed E-state index contributed by atoms with van der Waals surface area (Å²) in [4.78, 5) is 24.3. The van der Waals surface area contributed by atoms with Crippen LogP contribution in [0.5, 0.6) is 0 Å². The molecule has 0 amide bonds. The summed E-state index contributed by atoms with van der Waals surface area (Å²) in [7, 11) is 0. The van der Waals surface area contributed by atoms with E-state index in [0.29, 0.717) is 5.56 Å². The molecule has 0 fully saturated rings. The van der Waals surface area contributed by atoms with E-state index in [1.165, 1.54) is 23.5 Å². The second kappa shape index (κ2) is 7.43. The van der Waals surface area contributed by atoms with Gasteiger partial charge in [0.15, 0.2) is 0 Å². The van der Waals surface area contributed by atoms with Crippen LogP contribution in [-0.2, 0) is 4.79 Å². The molecule has 0 aliphatic heterocycles. The van der Waals surface area contributed by atoms with Gasteiger partial charge in [0.25, 0.3) is 5.69 Å². The van der Waals surface area contributed by atoms with Crippen LogP contribution in [0.2, 0.25) is 0 Å². The van der Waals surface area contributed by atoms with E-state index in [1.54, 1.807) is 35.8 Å². The SMILES string of the molecule is N[C@H](C(=O)O)c1ccccc1.O=[N+]([O-])c1ccc2ncsc2c1. The molecule has 3 N–H and O–H groups in total. The first-order chi connectivity index (χ1) is 11.0. The van der Waals surface area contributed by atoms with E-state index in [4.69, 9.17) is 10.8 Å². The highest BCUT2D eigenvalue weighted by molar-refractivity contribution is 7.16. The summed E-state index contributed by atoms with van der Waals surface area (Å²) < 4.78 is 0.851. The first kappa shape index (κ1) is 16.5. The smallest absolute Gasteiger partial charge is 0.325 e. The van der Waals surface area contributed by atoms with Crippen molar-refractivity contribution in [2.45, 2.75) is 6.04 Å². The molecule has 7 nitrogen and oxygen atoms in total. The first-order valence-corrected chi connectivity index (χ1v) is 7.38. The normalized spacial score (nSPS) is 11.3. The minimum absolute atomic E-state index is 0.117. The zero-order valence-corrected chi connectivity index (χ0v) is 12.6. The molecule has 1 aromatic heterocycles. The van der Waals surface area contributed by atoms with Crippen molar-refractivity contribution in [3.8, 4) is 0 Å². The van der Waals surface area contributed by atoms with Gasteiger partial charge in [0.1, 0.15) is 6.04 Å². The maximum Gasteiger partial charge on any atom is 0.325 e. The number of nitrogens with zero attached hydrogens (tertiary/aromatic N) is 2. The molecule has 0 spiro atoms. The van der Waals surface area contributed by atoms with Crippen LogP contribution in [0.3, 0.4) is 0 Å². The summed E-state index contributed by atoms with van der Waals surface area (Å²) in [5.41, 5.74) is 8.57. The second-order valence-electron chi connectivity index (χ2n) is 4.49. The summed E-state index contributed by atoms with van der Waals surface area (Å²) in [6.07, 6.45) is 0. The Kier molecular flexibility index (Phi) is 5.34. The third-order valence-corrected chi connectivity index (χ3v) is 3.74. The topological polar surface area (TPSA) is 119 Å². The number of aromatic nitrogens is 1. The zero-order chi connectivity index (χ0) is 16.8. The third-order valence-electron chi connectivity index (χ3n) is 2.95. The number of hydrogen-bond acceptors (Lipinski definition) is 6. The highest BCUT2D eigenvalue weighted by Gasteiger charge is 2.12. The number of carboxylic acids is 1. The van der Waals surface area contributed by atoms with Crippen LogP contribution in [0, 0.1) is 10.1 Å². The van der Waals surface area contributed by atoms with Gasteiger partial charge in [0.05, 0.1) is 20.7 Å². The van der Waals surface area contributed by atoms with Crippen LogP contribution in [0.15, 0.2) is 54.0 Å². The lowest BCUT2D eigenvalue weighted by molar-refractivity contribution is -0.384. The third kappa shape index (κ3) is 4.31. The van der Waals surface area contributed by atoms with Crippen LogP contribution >= 0.6 is 11.3 Å². The monoisotopic (exact) mass is 331 g/mol. The second-order valence-corrected chi connectivity index (χ2v) is 5.37. The predicted molar refractivity (Wildman–Crippen MR) is 87.3 cm³/mol. The minimum atomic E-state index is -1.00. The number of aliphatic carboxylic acids is 1. The van der Waals surface area contributed by atoms with E-state index < -0.39 is 16.9 Å². The van der Waals surface area contributed by atoms with Gasteiger partial charge >= 0.3 is 5.97 Å². The molecule has 0 unspecified atom stereocenters. The molecule has 0 saturated heterocycles. The molecular formula is C15H13N3O4S. The van der Waals surface area contributed by atoms with Gasteiger partial charge in [0, 0.05) is 12.1 Å². The summed E-state index contributed by atoms with van der Waals surface area (Å²) in [6.45, 7) is 0. The average molecular weight is 331 g/mol. The van der Waals surface area contributed by atoms with Gasteiger partial charge in [-0.1, -0.05) is 30.3 Å². The van der Waals surface area contributed by atoms with E-state index in [0.717, 1.165) is 10.2 Å². The van der Waals surface area contributed by atoms with Gasteiger partial charge in [-0.3, -0.25) is 14.9 Å². The Bertz CT molecular complexity index is 820. The summed E-state index contributed by atoms with van der Waals surface area (Å²) >= 11 is 1.40. The molecule has 0 bridgehead atoms. The van der Waals surface area contributed by atoms with Crippen molar-refractivity contribution in [1.29, 1.82) is 0 Å². The molecule has 3 rings (SSSR count). The molecule has 0 saturated carbocycles. The molecule has 8 heteroatoms. The fourth-order valence-corrected chi connectivity index (χ4v) is 2.47. The molecule has 23 heavy (non-hydrogen) atoms. The van der Waals surface area contributed by atoms with E-state index in [2.05, 4.69) is 4.98 Å². The standard InChI is InChI=1S/C8H9NO2.C7H4N2O2S/c9-7(8(10)11)6-4-2-1-3-5-6;10-9(11)5-1-2-6-7(3-5)12-4-8-6/h1-5,7H,9H2,(H,10,11);1-4H/t7-;/m0./s1.